The number of carbonyl (C=O) groups excluding carboxylic acids is 1. The van der Waals surface area contributed by atoms with Crippen LogP contribution in [0, 0.1) is 14.9 Å². The van der Waals surface area contributed by atoms with Gasteiger partial charge in [0, 0.05) is 5.56 Å². The Labute approximate surface area is 152 Å². The van der Waals surface area contributed by atoms with Gasteiger partial charge in [-0.15, -0.1) is 0 Å². The van der Waals surface area contributed by atoms with Crippen molar-refractivity contribution >= 4 is 51.5 Å². The fourth-order valence-corrected chi connectivity index (χ4v) is 2.76. The molecule has 2 aromatic rings. The molecule has 0 bridgehead atoms. The number of thiocarbonyl (C=S) groups is 1. The summed E-state index contributed by atoms with van der Waals surface area (Å²) in [7, 11) is 1.57. The summed E-state index contributed by atoms with van der Waals surface area (Å²) in [5.74, 6) is 0.364. The van der Waals surface area contributed by atoms with Crippen molar-refractivity contribution in [2.24, 2.45) is 0 Å². The second-order valence-corrected chi connectivity index (χ2v) is 5.99. The van der Waals surface area contributed by atoms with Crippen LogP contribution in [0.15, 0.2) is 42.5 Å². The Morgan fingerprint density at radius 1 is 1.30 bits per heavy atom. The molecular formula is C16H12IN3O2S. The smallest absolute Gasteiger partial charge is 0.257 e. The van der Waals surface area contributed by atoms with Crippen molar-refractivity contribution in [2.75, 3.05) is 12.4 Å². The number of methoxy groups -OCH3 is 1. The molecule has 0 radical (unpaired) electrons. The molecule has 0 fully saturated rings. The number of nitrogens with zero attached hydrogens (tertiary/aromatic N) is 1. The zero-order valence-electron chi connectivity index (χ0n) is 12.1. The van der Waals surface area contributed by atoms with E-state index in [1.165, 1.54) is 0 Å². The van der Waals surface area contributed by atoms with E-state index in [9.17, 15) is 4.79 Å². The molecule has 0 atom stereocenters. The van der Waals surface area contributed by atoms with Crippen LogP contribution in [0.2, 0.25) is 0 Å². The molecule has 2 N–H and O–H groups in total. The van der Waals surface area contributed by atoms with Gasteiger partial charge in [0.1, 0.15) is 11.8 Å². The van der Waals surface area contributed by atoms with Crippen molar-refractivity contribution in [3.05, 3.63) is 57.2 Å². The molecule has 2 aromatic carbocycles. The Morgan fingerprint density at radius 3 is 2.70 bits per heavy atom. The van der Waals surface area contributed by atoms with Crippen LogP contribution in [0.25, 0.3) is 0 Å². The fraction of sp³-hybridized carbons (Fsp3) is 0.0625. The quantitative estimate of drug-likeness (QED) is 0.570. The van der Waals surface area contributed by atoms with E-state index in [-0.39, 0.29) is 11.0 Å². The van der Waals surface area contributed by atoms with Crippen LogP contribution in [0.3, 0.4) is 0 Å². The van der Waals surface area contributed by atoms with E-state index in [1.54, 1.807) is 49.6 Å². The number of ether oxygens (including phenoxy) is 1. The minimum absolute atomic E-state index is 0.128. The molecule has 0 aliphatic rings. The molecule has 0 heterocycles. The number of benzene rings is 2. The molecule has 0 aliphatic heterocycles. The van der Waals surface area contributed by atoms with E-state index in [0.29, 0.717) is 22.6 Å². The minimum atomic E-state index is -0.336. The number of anilines is 1. The maximum atomic E-state index is 12.2. The Kier molecular flexibility index (Phi) is 5.90. The third-order valence-electron chi connectivity index (χ3n) is 2.94. The van der Waals surface area contributed by atoms with Gasteiger partial charge in [-0.05, 0) is 65.1 Å². The first-order chi connectivity index (χ1) is 11.0. The average Bonchev–Trinajstić information content (AvgIpc) is 2.55. The van der Waals surface area contributed by atoms with Crippen LogP contribution in [0.5, 0.6) is 5.75 Å². The zero-order valence-corrected chi connectivity index (χ0v) is 15.1. The van der Waals surface area contributed by atoms with E-state index in [0.717, 1.165) is 3.57 Å². The summed E-state index contributed by atoms with van der Waals surface area (Å²) < 4.78 is 5.98. The van der Waals surface area contributed by atoms with E-state index in [2.05, 4.69) is 39.3 Å². The van der Waals surface area contributed by atoms with Gasteiger partial charge >= 0.3 is 0 Å². The summed E-state index contributed by atoms with van der Waals surface area (Å²) in [4.78, 5) is 12.2. The van der Waals surface area contributed by atoms with Crippen molar-refractivity contribution in [3.63, 3.8) is 0 Å². The molecule has 1 amide bonds. The summed E-state index contributed by atoms with van der Waals surface area (Å²) >= 11 is 7.21. The van der Waals surface area contributed by atoms with Crippen molar-refractivity contribution in [2.45, 2.75) is 0 Å². The van der Waals surface area contributed by atoms with Gasteiger partial charge < -0.3 is 10.1 Å². The van der Waals surface area contributed by atoms with Crippen LogP contribution >= 0.6 is 34.8 Å². The lowest BCUT2D eigenvalue weighted by Crippen LogP contribution is -2.34. The molecule has 0 spiro atoms. The number of nitriles is 1. The zero-order chi connectivity index (χ0) is 16.8. The third-order valence-corrected chi connectivity index (χ3v) is 3.98. The summed E-state index contributed by atoms with van der Waals surface area (Å²) in [6, 6.07) is 14.1. The van der Waals surface area contributed by atoms with Crippen LogP contribution in [-0.2, 0) is 0 Å². The SMILES string of the molecule is COc1ccc(C(=O)NC(=S)Nc2ccccc2C#N)cc1I. The number of nitrogens with one attached hydrogen (secondary N) is 2. The maximum Gasteiger partial charge on any atom is 0.257 e. The normalized spacial score (nSPS) is 9.61. The van der Waals surface area contributed by atoms with Crippen LogP contribution < -0.4 is 15.4 Å². The number of amides is 1. The van der Waals surface area contributed by atoms with Crippen molar-refractivity contribution in [1.29, 1.82) is 5.26 Å². The molecule has 2 rings (SSSR count). The molecule has 23 heavy (non-hydrogen) atoms. The van der Waals surface area contributed by atoms with Gasteiger partial charge in [-0.3, -0.25) is 10.1 Å². The van der Waals surface area contributed by atoms with Crippen LogP contribution in [0.4, 0.5) is 5.69 Å². The summed E-state index contributed by atoms with van der Waals surface area (Å²) in [5, 5.41) is 14.6. The van der Waals surface area contributed by atoms with Gasteiger partial charge in [0.15, 0.2) is 5.11 Å². The maximum absolute atomic E-state index is 12.2. The Hall–Kier alpha value is -2.18. The molecule has 0 aliphatic carbocycles. The molecule has 0 saturated heterocycles. The summed E-state index contributed by atoms with van der Waals surface area (Å²) in [5.41, 5.74) is 1.46. The lowest BCUT2D eigenvalue weighted by molar-refractivity contribution is 0.0977. The van der Waals surface area contributed by atoms with Crippen LogP contribution in [-0.4, -0.2) is 18.1 Å². The first-order valence-electron chi connectivity index (χ1n) is 6.50. The number of carbonyl (C=O) groups is 1. The van der Waals surface area contributed by atoms with E-state index in [1.807, 2.05) is 0 Å². The lowest BCUT2D eigenvalue weighted by atomic mass is 10.2. The van der Waals surface area contributed by atoms with Gasteiger partial charge in [0.2, 0.25) is 0 Å². The lowest BCUT2D eigenvalue weighted by Gasteiger charge is -2.11. The predicted octanol–water partition coefficient (Wildman–Crippen LogP) is 3.30. The molecule has 116 valence electrons. The van der Waals surface area contributed by atoms with Gasteiger partial charge in [-0.2, -0.15) is 5.26 Å². The van der Waals surface area contributed by atoms with E-state index < -0.39 is 0 Å². The molecule has 0 unspecified atom stereocenters. The Balaban J connectivity index is 2.07. The Bertz CT molecular complexity index is 802. The van der Waals surface area contributed by atoms with Gasteiger partial charge in [-0.25, -0.2) is 0 Å². The third kappa shape index (κ3) is 4.40. The minimum Gasteiger partial charge on any atom is -0.496 e. The van der Waals surface area contributed by atoms with Crippen molar-refractivity contribution in [3.8, 4) is 11.8 Å². The molecule has 7 heteroatoms. The standard InChI is InChI=1S/C16H12IN3O2S/c1-22-14-7-6-10(8-12(14)17)15(21)20-16(23)19-13-5-3-2-4-11(13)9-18/h2-8H,1H3,(H2,19,20,21,23). The first kappa shape index (κ1) is 17.2. The number of para-hydroxylation sites is 1. The summed E-state index contributed by atoms with van der Waals surface area (Å²) in [6.07, 6.45) is 0. The molecule has 0 saturated carbocycles. The van der Waals surface area contributed by atoms with Gasteiger partial charge in [0.05, 0.1) is 21.9 Å². The van der Waals surface area contributed by atoms with Crippen molar-refractivity contribution in [1.82, 2.24) is 5.32 Å². The number of hydrogen-bond donors (Lipinski definition) is 2. The monoisotopic (exact) mass is 437 g/mol. The fourth-order valence-electron chi connectivity index (χ4n) is 1.83. The van der Waals surface area contributed by atoms with Gasteiger partial charge in [0.25, 0.3) is 5.91 Å². The number of halogens is 1. The second kappa shape index (κ2) is 7.89. The average molecular weight is 437 g/mol. The van der Waals surface area contributed by atoms with Gasteiger partial charge in [-0.1, -0.05) is 12.1 Å². The largest absolute Gasteiger partial charge is 0.496 e. The predicted molar refractivity (Wildman–Crippen MR) is 101 cm³/mol. The van der Waals surface area contributed by atoms with E-state index >= 15 is 0 Å². The molecular weight excluding hydrogens is 425 g/mol. The highest BCUT2D eigenvalue weighted by molar-refractivity contribution is 14.1. The Morgan fingerprint density at radius 2 is 2.04 bits per heavy atom. The highest BCUT2D eigenvalue weighted by Gasteiger charge is 2.11. The van der Waals surface area contributed by atoms with E-state index in [4.69, 9.17) is 22.2 Å². The highest BCUT2D eigenvalue weighted by atomic mass is 127. The first-order valence-corrected chi connectivity index (χ1v) is 7.99. The molecule has 5 nitrogen and oxygen atoms in total. The molecule has 0 aromatic heterocycles. The van der Waals surface area contributed by atoms with Crippen LogP contribution in [0.1, 0.15) is 15.9 Å². The second-order valence-electron chi connectivity index (χ2n) is 4.41. The van der Waals surface area contributed by atoms with Crippen molar-refractivity contribution < 1.29 is 9.53 Å². The number of hydrogen-bond acceptors (Lipinski definition) is 4. The summed E-state index contributed by atoms with van der Waals surface area (Å²) in [6.45, 7) is 0. The number of rotatable bonds is 3. The topological polar surface area (TPSA) is 74.2 Å². The highest BCUT2D eigenvalue weighted by Crippen LogP contribution is 2.21.